The average Bonchev–Trinajstić information content (AvgIpc) is 1.37. The van der Waals surface area contributed by atoms with Crippen LogP contribution < -0.4 is 4.98 Å². The predicted octanol–water partition coefficient (Wildman–Crippen LogP) is -1.27. The van der Waals surface area contributed by atoms with Crippen molar-refractivity contribution < 1.29 is 4.79 Å². The Hall–Kier alpha value is -0.313. The van der Waals surface area contributed by atoms with Crippen molar-refractivity contribution in [2.45, 2.75) is 0 Å². The highest BCUT2D eigenvalue weighted by Gasteiger charge is 1.24. The standard InChI is InChI=1S/CHNOSi/c3-1-2-4/h(H,2,3)/q-1. The number of rotatable bonds is 1. The highest BCUT2D eigenvalue weighted by atomic mass is 28.2. The fraction of sp³-hybridized carbons (Fsp3) is 0. The van der Waals surface area contributed by atoms with Crippen molar-refractivity contribution in [2.75, 3.05) is 0 Å². The van der Waals surface area contributed by atoms with Gasteiger partial charge in [0, 0.05) is 0 Å². The van der Waals surface area contributed by atoms with Gasteiger partial charge in [-0.15, -0.1) is 0 Å². The molecule has 0 unspecified atom stereocenters. The fourth-order valence-corrected chi connectivity index (χ4v) is 0. The Morgan fingerprint density at radius 2 is 2.25 bits per heavy atom. The molecule has 0 bridgehead atoms. The van der Waals surface area contributed by atoms with Crippen LogP contribution in [-0.2, 0) is 4.79 Å². The van der Waals surface area contributed by atoms with E-state index >= 15 is 0 Å². The highest BCUT2D eigenvalue weighted by Crippen LogP contribution is 1.07. The third-order valence-electron chi connectivity index (χ3n) is 0.0510. The van der Waals surface area contributed by atoms with Gasteiger partial charge in [0.1, 0.15) is 10.4 Å². The van der Waals surface area contributed by atoms with E-state index in [4.69, 9.17) is 4.79 Å². The second kappa shape index (κ2) is 2.69. The fourth-order valence-electron chi connectivity index (χ4n) is 0. The first-order chi connectivity index (χ1) is 1.91. The van der Waals surface area contributed by atoms with Gasteiger partial charge in [-0.3, -0.25) is 0 Å². The zero-order valence-electron chi connectivity index (χ0n) is 1.91. The van der Waals surface area contributed by atoms with Crippen molar-refractivity contribution in [3.63, 3.8) is 0 Å². The van der Waals surface area contributed by atoms with E-state index in [1.165, 1.54) is 6.41 Å². The molecule has 21 valence electrons. The second-order valence-electron chi connectivity index (χ2n) is 0.227. The summed E-state index contributed by atoms with van der Waals surface area (Å²) in [7, 11) is 2.61. The maximum atomic E-state index is 8.89. The summed E-state index contributed by atoms with van der Waals surface area (Å²) in [4.78, 5) is 10.8. The van der Waals surface area contributed by atoms with Crippen LogP contribution in [0.4, 0.5) is 0 Å². The molecule has 3 heteroatoms. The van der Waals surface area contributed by atoms with Gasteiger partial charge in [0.25, 0.3) is 0 Å². The molecule has 2 nitrogen and oxygen atoms in total. The van der Waals surface area contributed by atoms with Crippen LogP contribution >= 0.6 is 0 Å². The van der Waals surface area contributed by atoms with Crippen LogP contribution in [0.15, 0.2) is 0 Å². The largest absolute Gasteiger partial charge is 0.560 e. The molecule has 0 saturated heterocycles. The van der Waals surface area contributed by atoms with E-state index in [0.717, 1.165) is 0 Å². The Labute approximate surface area is 27.7 Å². The van der Waals surface area contributed by atoms with Gasteiger partial charge in [-0.2, -0.15) is 6.41 Å². The summed E-state index contributed by atoms with van der Waals surface area (Å²) in [5.41, 5.74) is 0. The topological polar surface area (TPSA) is 29.1 Å². The van der Waals surface area contributed by atoms with Gasteiger partial charge in [0.15, 0.2) is 0 Å². The molecule has 0 aliphatic rings. The number of hydrogen-bond donors (Lipinski definition) is 1. The van der Waals surface area contributed by atoms with E-state index in [1.54, 1.807) is 0 Å². The van der Waals surface area contributed by atoms with Crippen molar-refractivity contribution in [1.82, 2.24) is 4.98 Å². The van der Waals surface area contributed by atoms with Gasteiger partial charge in [-0.25, -0.2) is 0 Å². The van der Waals surface area contributed by atoms with E-state index in [2.05, 4.69) is 10.4 Å². The minimum absolute atomic E-state index is 1.34. The summed E-state index contributed by atoms with van der Waals surface area (Å²) in [6.07, 6.45) is 1.34. The lowest BCUT2D eigenvalue weighted by Gasteiger charge is -1.84. The number of nitrogens with one attached hydrogen (secondary N) is 1. The van der Waals surface area contributed by atoms with E-state index < -0.39 is 0 Å². The Morgan fingerprint density at radius 1 is 2.00 bits per heavy atom. The first-order valence-corrected chi connectivity index (χ1v) is 1.20. The van der Waals surface area contributed by atoms with Gasteiger partial charge in [-0.05, 0) is 0 Å². The van der Waals surface area contributed by atoms with Gasteiger partial charge < -0.3 is 9.78 Å². The SMILES string of the molecule is O=[C-]N[Si]. The molecule has 0 fully saturated rings. The molecule has 4 heavy (non-hydrogen) atoms. The first-order valence-electron chi connectivity index (χ1n) is 0.704. The van der Waals surface area contributed by atoms with E-state index in [0.29, 0.717) is 0 Å². The molecule has 0 spiro atoms. The minimum atomic E-state index is 1.34. The van der Waals surface area contributed by atoms with Crippen LogP contribution in [0, 0.1) is 0 Å². The van der Waals surface area contributed by atoms with Gasteiger partial charge >= 0.3 is 0 Å². The van der Waals surface area contributed by atoms with Gasteiger partial charge in [-0.1, -0.05) is 0 Å². The van der Waals surface area contributed by atoms with Crippen molar-refractivity contribution in [2.24, 2.45) is 0 Å². The van der Waals surface area contributed by atoms with Crippen LogP contribution in [0.1, 0.15) is 0 Å². The van der Waals surface area contributed by atoms with Crippen LogP contribution in [0.3, 0.4) is 0 Å². The summed E-state index contributed by atoms with van der Waals surface area (Å²) in [5, 5.41) is 0. The quantitative estimate of drug-likeness (QED) is 0.233. The van der Waals surface area contributed by atoms with Crippen molar-refractivity contribution in [3.8, 4) is 0 Å². The molecule has 0 aliphatic heterocycles. The lowest BCUT2D eigenvalue weighted by Crippen LogP contribution is -2.01. The highest BCUT2D eigenvalue weighted by molar-refractivity contribution is 6.10. The summed E-state index contributed by atoms with van der Waals surface area (Å²) < 4.78 is 0. The Bertz CT molecular complexity index is 22.0. The summed E-state index contributed by atoms with van der Waals surface area (Å²) in [6, 6.07) is 0. The van der Waals surface area contributed by atoms with Crippen LogP contribution in [0.5, 0.6) is 0 Å². The van der Waals surface area contributed by atoms with Crippen LogP contribution in [0.25, 0.3) is 0 Å². The molecule has 1 N–H and O–H groups in total. The van der Waals surface area contributed by atoms with Crippen molar-refractivity contribution in [1.29, 1.82) is 0 Å². The van der Waals surface area contributed by atoms with E-state index in [-0.39, 0.29) is 0 Å². The molecule has 0 heterocycles. The molecule has 0 rings (SSSR count). The normalized spacial score (nSPS) is 5.25. The van der Waals surface area contributed by atoms with Crippen LogP contribution in [0.2, 0.25) is 0 Å². The first kappa shape index (κ1) is 3.69. The van der Waals surface area contributed by atoms with Crippen molar-refractivity contribution in [3.05, 3.63) is 0 Å². The molecule has 0 aromatic heterocycles. The maximum absolute atomic E-state index is 8.89. The zero-order chi connectivity index (χ0) is 3.41. The van der Waals surface area contributed by atoms with Crippen molar-refractivity contribution >= 4 is 16.8 Å². The Kier molecular flexibility index (Phi) is 2.48. The Morgan fingerprint density at radius 3 is 2.25 bits per heavy atom. The van der Waals surface area contributed by atoms with Gasteiger partial charge in [0.2, 0.25) is 0 Å². The lowest BCUT2D eigenvalue weighted by molar-refractivity contribution is 0.553. The maximum Gasteiger partial charge on any atom is 0.150 e. The minimum Gasteiger partial charge on any atom is -0.560 e. The molecular formula is CHNOSi-. The third-order valence-corrected chi connectivity index (χ3v) is 0.153. The third kappa shape index (κ3) is 1.69. The molecule has 3 radical (unpaired) electrons. The van der Waals surface area contributed by atoms with E-state index in [9.17, 15) is 0 Å². The van der Waals surface area contributed by atoms with Crippen LogP contribution in [-0.4, -0.2) is 16.8 Å². The predicted molar refractivity (Wildman–Crippen MR) is 14.6 cm³/mol. The Balaban J connectivity index is 2.30. The number of hydrogen-bond acceptors (Lipinski definition) is 1. The number of amides is 1. The summed E-state index contributed by atoms with van der Waals surface area (Å²) in [6.45, 7) is 0. The van der Waals surface area contributed by atoms with E-state index in [1.807, 2.05) is 4.98 Å². The smallest absolute Gasteiger partial charge is 0.150 e. The molecule has 0 aromatic rings. The lowest BCUT2D eigenvalue weighted by atomic mass is 11.5. The molecule has 1 amide bonds. The molecule has 0 saturated carbocycles. The summed E-state index contributed by atoms with van der Waals surface area (Å²) >= 11 is 0. The number of carbonyl (C=O) groups excluding carboxylic acids is 1. The van der Waals surface area contributed by atoms with Gasteiger partial charge in [0.05, 0.1) is 0 Å². The monoisotopic (exact) mass is 71.0 g/mol. The molecule has 0 aliphatic carbocycles. The zero-order valence-corrected chi connectivity index (χ0v) is 2.91. The molecule has 0 aromatic carbocycles. The molecule has 0 atom stereocenters. The second-order valence-corrected chi connectivity index (χ2v) is 0.477. The molecular weight excluding hydrogens is 70.1 g/mol. The average molecular weight is 71.1 g/mol. The summed E-state index contributed by atoms with van der Waals surface area (Å²) in [5.74, 6) is 0.